The van der Waals surface area contributed by atoms with E-state index in [0.29, 0.717) is 61.5 Å². The van der Waals surface area contributed by atoms with Gasteiger partial charge < -0.3 is 20.4 Å². The van der Waals surface area contributed by atoms with Gasteiger partial charge in [0.25, 0.3) is 0 Å². The van der Waals surface area contributed by atoms with Gasteiger partial charge in [-0.2, -0.15) is 20.2 Å². The molecule has 10 heterocycles. The molecule has 60 heavy (non-hydrogen) atoms. The van der Waals surface area contributed by atoms with Crippen LogP contribution in [0.4, 0.5) is 49.5 Å². The lowest BCUT2D eigenvalue weighted by Crippen LogP contribution is -2.44. The quantitative estimate of drug-likeness (QED) is 0.199. The van der Waals surface area contributed by atoms with Crippen molar-refractivity contribution in [2.75, 3.05) is 58.6 Å². The van der Waals surface area contributed by atoms with E-state index in [0.717, 1.165) is 89.4 Å². The maximum Gasteiger partial charge on any atom is 0.248 e. The van der Waals surface area contributed by atoms with Gasteiger partial charge in [-0.3, -0.25) is 14.5 Å². The molecule has 2 N–H and O–H groups in total. The van der Waals surface area contributed by atoms with Crippen LogP contribution >= 0.6 is 0 Å². The fourth-order valence-corrected chi connectivity index (χ4v) is 9.41. The Morgan fingerprint density at radius 1 is 0.800 bits per heavy atom. The molecule has 20 heteroatoms. The predicted octanol–water partition coefficient (Wildman–Crippen LogP) is 6.03. The molecule has 1 unspecified atom stereocenters. The number of hydrogen-bond donors (Lipinski definition) is 2. The van der Waals surface area contributed by atoms with Gasteiger partial charge in [-0.05, 0) is 75.1 Å². The lowest BCUT2D eigenvalue weighted by atomic mass is 9.80. The molecule has 1 atom stereocenters. The third-order valence-electron chi connectivity index (χ3n) is 12.7. The van der Waals surface area contributed by atoms with Crippen LogP contribution in [0.15, 0.2) is 54.6 Å². The van der Waals surface area contributed by atoms with E-state index in [1.54, 1.807) is 15.2 Å². The van der Waals surface area contributed by atoms with Gasteiger partial charge in [-0.1, -0.05) is 6.42 Å². The molecule has 308 valence electrons. The third-order valence-corrected chi connectivity index (χ3v) is 12.7. The normalized spacial score (nSPS) is 19.9. The second kappa shape index (κ2) is 13.7. The number of nitrogens with zero attached hydrogens (tertiary/aromatic N) is 16. The predicted molar refractivity (Wildman–Crippen MR) is 223 cm³/mol. The van der Waals surface area contributed by atoms with E-state index >= 15 is 0 Å². The minimum atomic E-state index is -2.69. The van der Waals surface area contributed by atoms with Gasteiger partial charge in [0.05, 0.1) is 41.7 Å². The first-order valence-electron chi connectivity index (χ1n) is 20.6. The molecule has 1 spiro atoms. The fourth-order valence-electron chi connectivity index (χ4n) is 9.41. The largest absolute Gasteiger partial charge is 0.340 e. The summed E-state index contributed by atoms with van der Waals surface area (Å²) in [5.74, 6) is 0.922. The molecule has 3 aliphatic heterocycles. The van der Waals surface area contributed by atoms with Crippen molar-refractivity contribution < 1.29 is 8.78 Å². The summed E-state index contributed by atoms with van der Waals surface area (Å²) in [4.78, 5) is 44.7. The van der Waals surface area contributed by atoms with Crippen LogP contribution in [0, 0.1) is 19.8 Å². The molecule has 0 amide bonds. The molecule has 1 fully saturated rings. The second-order valence-electron chi connectivity index (χ2n) is 16.7. The molecule has 0 radical (unpaired) electrons. The van der Waals surface area contributed by atoms with Gasteiger partial charge in [-0.25, -0.2) is 42.7 Å². The molecule has 11 rings (SSSR count). The van der Waals surface area contributed by atoms with Crippen LogP contribution in [0.25, 0.3) is 22.5 Å². The molecule has 7 aromatic heterocycles. The molecular formula is C40H44F2N18. The van der Waals surface area contributed by atoms with Crippen LogP contribution in [-0.2, 0) is 5.54 Å². The number of fused-ring (bicyclic) bond motifs is 9. The van der Waals surface area contributed by atoms with Crippen molar-refractivity contribution in [2.24, 2.45) is 10.9 Å². The minimum Gasteiger partial charge on any atom is -0.340 e. The highest BCUT2D eigenvalue weighted by Gasteiger charge is 2.51. The van der Waals surface area contributed by atoms with E-state index in [9.17, 15) is 8.78 Å². The highest BCUT2D eigenvalue weighted by Crippen LogP contribution is 2.50. The van der Waals surface area contributed by atoms with E-state index < -0.39 is 11.5 Å². The van der Waals surface area contributed by atoms with Crippen LogP contribution in [0.2, 0.25) is 0 Å². The highest BCUT2D eigenvalue weighted by molar-refractivity contribution is 6.14. The van der Waals surface area contributed by atoms with E-state index in [1.807, 2.05) is 51.6 Å². The summed E-state index contributed by atoms with van der Waals surface area (Å²) in [7, 11) is 2.02. The Morgan fingerprint density at radius 3 is 2.20 bits per heavy atom. The Labute approximate surface area is 342 Å². The summed E-state index contributed by atoms with van der Waals surface area (Å²) in [6.45, 7) is 6.74. The molecule has 4 aliphatic rings. The average molecular weight is 815 g/mol. The Hall–Kier alpha value is -6.60. The SMILES string of the molecule is Cc1cc2ncnn2cc1Nc1ncc2c(n1)N1CCC(CN3CC4(CCC(F)(F)CC4)n4c3nc3cnc(Nc5cn6ncnc6cc5C)nc34)CCCCN=C1N2C. The van der Waals surface area contributed by atoms with Crippen LogP contribution < -0.4 is 25.3 Å². The van der Waals surface area contributed by atoms with Gasteiger partial charge in [0.15, 0.2) is 22.8 Å². The Balaban J connectivity index is 0.880. The number of aliphatic imine (C=N–C) groups is 1. The number of rotatable bonds is 6. The zero-order chi connectivity index (χ0) is 40.8. The van der Waals surface area contributed by atoms with Crippen molar-refractivity contribution in [3.05, 3.63) is 60.7 Å². The number of alkyl halides is 2. The smallest absolute Gasteiger partial charge is 0.248 e. The van der Waals surface area contributed by atoms with Gasteiger partial charge in [0.1, 0.15) is 23.9 Å². The summed E-state index contributed by atoms with van der Waals surface area (Å²) < 4.78 is 35.2. The molecule has 1 saturated carbocycles. The maximum absolute atomic E-state index is 14.8. The zero-order valence-electron chi connectivity index (χ0n) is 33.6. The number of imidazole rings is 1. The van der Waals surface area contributed by atoms with Gasteiger partial charge in [0, 0.05) is 46.1 Å². The molecular weight excluding hydrogens is 771 g/mol. The monoisotopic (exact) mass is 814 g/mol. The summed E-state index contributed by atoms with van der Waals surface area (Å²) in [6, 6.07) is 3.91. The number of nitrogens with one attached hydrogen (secondary N) is 2. The topological polar surface area (TPSA) is 176 Å². The fraction of sp³-hybridized carbons (Fsp3) is 0.450. The van der Waals surface area contributed by atoms with Crippen molar-refractivity contribution in [1.29, 1.82) is 0 Å². The second-order valence-corrected chi connectivity index (χ2v) is 16.7. The van der Waals surface area contributed by atoms with Gasteiger partial charge in [-0.15, -0.1) is 0 Å². The van der Waals surface area contributed by atoms with Crippen LogP contribution in [0.1, 0.15) is 62.5 Å². The summed E-state index contributed by atoms with van der Waals surface area (Å²) in [6.07, 6.45) is 14.6. The van der Waals surface area contributed by atoms with Crippen LogP contribution in [0.3, 0.4) is 0 Å². The number of pyridine rings is 2. The first kappa shape index (κ1) is 36.5. The molecule has 18 nitrogen and oxygen atoms in total. The number of guanidine groups is 1. The summed E-state index contributed by atoms with van der Waals surface area (Å²) in [5.41, 5.74) is 6.73. The van der Waals surface area contributed by atoms with E-state index in [2.05, 4.69) is 60.0 Å². The highest BCUT2D eigenvalue weighted by atomic mass is 19.3. The van der Waals surface area contributed by atoms with Crippen molar-refractivity contribution >= 4 is 69.1 Å². The van der Waals surface area contributed by atoms with Crippen molar-refractivity contribution in [2.45, 2.75) is 76.7 Å². The maximum atomic E-state index is 14.8. The number of aryl methyl sites for hydroxylation is 2. The number of aromatic nitrogens is 12. The van der Waals surface area contributed by atoms with Crippen LogP contribution in [-0.4, -0.2) is 104 Å². The number of anilines is 7. The van der Waals surface area contributed by atoms with Crippen LogP contribution in [0.5, 0.6) is 0 Å². The lowest BCUT2D eigenvalue weighted by Gasteiger charge is -2.38. The average Bonchev–Trinajstić information content (AvgIpc) is 4.06. The summed E-state index contributed by atoms with van der Waals surface area (Å²) >= 11 is 0. The zero-order valence-corrected chi connectivity index (χ0v) is 33.6. The Kier molecular flexibility index (Phi) is 8.35. The Morgan fingerprint density at radius 2 is 1.48 bits per heavy atom. The third kappa shape index (κ3) is 6.18. The van der Waals surface area contributed by atoms with Gasteiger partial charge in [0.2, 0.25) is 29.7 Å². The standard InChI is InChI=1S/C40H44F2N18/c1-24-14-31-46-22-48-58(31)19-28(24)50-35-44-16-27-33(53-35)60-38(52-27)56(21-39(60)8-10-40(41,42)11-9-39)18-26-6-4-5-12-43-37-55(3)30-17-45-36(54-34(30)57(37)13-7-26)51-29-20-59-32(15-25(29)2)47-23-49-59/h14-17,19-20,22-23,26H,4-13,18,21H2,1-3H3,(H,44,50,53)(H,45,51,54). The van der Waals surface area contributed by atoms with Crippen molar-refractivity contribution in [1.82, 2.24) is 58.7 Å². The minimum absolute atomic E-state index is 0.173. The molecule has 0 saturated heterocycles. The number of halogens is 2. The lowest BCUT2D eigenvalue weighted by molar-refractivity contribution is -0.0591. The van der Waals surface area contributed by atoms with Crippen molar-refractivity contribution in [3.8, 4) is 0 Å². The molecule has 7 aromatic rings. The van der Waals surface area contributed by atoms with Gasteiger partial charge >= 0.3 is 0 Å². The van der Waals surface area contributed by atoms with E-state index in [4.69, 9.17) is 19.9 Å². The number of hydrogen-bond acceptors (Lipinski definition) is 15. The van der Waals surface area contributed by atoms with Crippen molar-refractivity contribution in [3.63, 3.8) is 0 Å². The first-order chi connectivity index (χ1) is 29.1. The summed E-state index contributed by atoms with van der Waals surface area (Å²) in [5, 5.41) is 15.3. The first-order valence-corrected chi connectivity index (χ1v) is 20.6. The molecule has 1 aliphatic carbocycles. The van der Waals surface area contributed by atoms with E-state index in [-0.39, 0.29) is 12.8 Å². The molecule has 0 aromatic carbocycles. The molecule has 0 bridgehead atoms. The Bertz CT molecular complexity index is 2820. The van der Waals surface area contributed by atoms with E-state index in [1.165, 1.54) is 12.7 Å².